The highest BCUT2D eigenvalue weighted by Crippen LogP contribution is 2.45. The fraction of sp³-hybridized carbons (Fsp3) is 0.242. The molecule has 0 saturated heterocycles. The summed E-state index contributed by atoms with van der Waals surface area (Å²) in [6, 6.07) is 23.5. The average molecular weight is 610 g/mol. The Labute approximate surface area is 256 Å². The first-order chi connectivity index (χ1) is 21.6. The molecule has 2 aliphatic rings. The summed E-state index contributed by atoms with van der Waals surface area (Å²) in [6.45, 7) is 1.60. The number of allylic oxidation sites excluding steroid dienone is 2. The first kappa shape index (κ1) is 29.5. The van der Waals surface area contributed by atoms with Crippen LogP contribution in [0.15, 0.2) is 90.1 Å². The molecule has 1 aliphatic heterocycles. The highest BCUT2D eigenvalue weighted by molar-refractivity contribution is 5.85. The van der Waals surface area contributed by atoms with Gasteiger partial charge in [0.25, 0.3) is 5.95 Å². The van der Waals surface area contributed by atoms with Crippen molar-refractivity contribution in [1.82, 2.24) is 14.8 Å². The topological polar surface area (TPSA) is 122 Å². The van der Waals surface area contributed by atoms with E-state index in [0.717, 1.165) is 35.4 Å². The third-order valence-electron chi connectivity index (χ3n) is 8.16. The van der Waals surface area contributed by atoms with Crippen LogP contribution in [-0.4, -0.2) is 32.0 Å². The predicted octanol–water partition coefficient (Wildman–Crippen LogP) is 7.21. The fourth-order valence-corrected chi connectivity index (χ4v) is 5.82. The summed E-state index contributed by atoms with van der Waals surface area (Å²) in [4.78, 5) is 20.1. The van der Waals surface area contributed by atoms with Crippen LogP contribution in [0.4, 0.5) is 35.5 Å². The van der Waals surface area contributed by atoms with Gasteiger partial charge in [-0.25, -0.2) is 14.4 Å². The highest BCUT2D eigenvalue weighted by Gasteiger charge is 2.43. The van der Waals surface area contributed by atoms with Crippen LogP contribution in [0.2, 0.25) is 0 Å². The van der Waals surface area contributed by atoms with Crippen molar-refractivity contribution in [3.8, 4) is 12.1 Å². The van der Waals surface area contributed by atoms with Gasteiger partial charge in [-0.15, -0.1) is 5.10 Å². The minimum absolute atomic E-state index is 0.0516. The molecule has 1 aliphatic carbocycles. The Hall–Kier alpha value is -5.62. The van der Waals surface area contributed by atoms with Gasteiger partial charge in [0.05, 0.1) is 34.9 Å². The Kier molecular flexibility index (Phi) is 7.51. The number of rotatable bonds is 7. The van der Waals surface area contributed by atoms with Gasteiger partial charge in [0, 0.05) is 11.4 Å². The summed E-state index contributed by atoms with van der Waals surface area (Å²) < 4.78 is 42.6. The largest absolute Gasteiger partial charge is 0.465 e. The van der Waals surface area contributed by atoms with Crippen molar-refractivity contribution in [3.63, 3.8) is 0 Å². The Morgan fingerprint density at radius 2 is 1.76 bits per heavy atom. The van der Waals surface area contributed by atoms with Gasteiger partial charge in [0.15, 0.2) is 0 Å². The first-order valence-corrected chi connectivity index (χ1v) is 14.2. The lowest BCUT2D eigenvalue weighted by Gasteiger charge is -2.34. The maximum absolute atomic E-state index is 13.8. The van der Waals surface area contributed by atoms with E-state index in [1.807, 2.05) is 30.3 Å². The van der Waals surface area contributed by atoms with Crippen LogP contribution in [0.1, 0.15) is 48.1 Å². The molecule has 4 aromatic rings. The number of hydrogen-bond acceptors (Lipinski definition) is 6. The number of carboxylic acid groups (broad SMARTS) is 1. The zero-order valence-corrected chi connectivity index (χ0v) is 24.0. The summed E-state index contributed by atoms with van der Waals surface area (Å²) in [5.41, 5.74) is 1.57. The Morgan fingerprint density at radius 1 is 1.04 bits per heavy atom. The van der Waals surface area contributed by atoms with Crippen molar-refractivity contribution >= 4 is 23.7 Å². The molecule has 12 heteroatoms. The second-order valence-electron chi connectivity index (χ2n) is 11.0. The normalized spacial score (nSPS) is 16.8. The van der Waals surface area contributed by atoms with Crippen molar-refractivity contribution in [2.24, 2.45) is 5.92 Å². The van der Waals surface area contributed by atoms with Crippen molar-refractivity contribution in [2.75, 3.05) is 9.80 Å². The lowest BCUT2D eigenvalue weighted by molar-refractivity contribution is -0.137. The van der Waals surface area contributed by atoms with Gasteiger partial charge in [-0.2, -0.15) is 28.7 Å². The number of anilines is 3. The second-order valence-corrected chi connectivity index (χ2v) is 11.0. The summed E-state index contributed by atoms with van der Waals surface area (Å²) in [6.07, 6.45) is -3.81. The molecule has 0 bridgehead atoms. The molecule has 3 aromatic carbocycles. The van der Waals surface area contributed by atoms with Crippen molar-refractivity contribution < 1.29 is 23.1 Å². The number of nitrogens with zero attached hydrogens (tertiary/aromatic N) is 7. The van der Waals surface area contributed by atoms with Crippen molar-refractivity contribution in [1.29, 1.82) is 10.5 Å². The van der Waals surface area contributed by atoms with Gasteiger partial charge in [-0.1, -0.05) is 48.5 Å². The third kappa shape index (κ3) is 5.58. The van der Waals surface area contributed by atoms with Gasteiger partial charge in [-0.3, -0.25) is 4.90 Å². The maximum Gasteiger partial charge on any atom is 0.416 e. The van der Waals surface area contributed by atoms with E-state index in [0.29, 0.717) is 23.2 Å². The molecule has 45 heavy (non-hydrogen) atoms. The molecule has 0 spiro atoms. The minimum atomic E-state index is -4.62. The van der Waals surface area contributed by atoms with Crippen LogP contribution < -0.4 is 9.80 Å². The van der Waals surface area contributed by atoms with E-state index < -0.39 is 29.9 Å². The number of hydrogen-bond donors (Lipinski definition) is 1. The molecule has 1 N–H and O–H groups in total. The van der Waals surface area contributed by atoms with Gasteiger partial charge in [-0.05, 0) is 73.6 Å². The quantitative estimate of drug-likeness (QED) is 0.235. The van der Waals surface area contributed by atoms with Gasteiger partial charge < -0.3 is 5.11 Å². The molecule has 2 atom stereocenters. The smallest absolute Gasteiger partial charge is 0.416 e. The Bertz CT molecular complexity index is 1870. The lowest BCUT2D eigenvalue weighted by Crippen LogP contribution is -2.43. The van der Waals surface area contributed by atoms with Crippen LogP contribution in [0.3, 0.4) is 0 Å². The van der Waals surface area contributed by atoms with Crippen molar-refractivity contribution in [2.45, 2.75) is 44.4 Å². The van der Waals surface area contributed by atoms with E-state index in [2.05, 4.69) is 22.2 Å². The molecule has 1 aromatic heterocycles. The summed E-state index contributed by atoms with van der Waals surface area (Å²) >= 11 is 0. The van der Waals surface area contributed by atoms with Crippen LogP contribution in [0.25, 0.3) is 0 Å². The standard InChI is InChI=1S/C33H26F3N7O2/c1-20-27(19-38)29(24-12-10-22(18-37)11-13-24)43-31(41(20)26-9-5-8-25(17-26)33(34,35)36)39-30(40-43)42(32(44)45)28(23-14-15-23)16-21-6-3-2-4-7-21/h2-13,17,23,28-29H,14-16H2,1H3,(H,44,45)/t28?,29-/m1/s1. The number of benzene rings is 3. The first-order valence-electron chi connectivity index (χ1n) is 14.2. The summed E-state index contributed by atoms with van der Waals surface area (Å²) in [7, 11) is 0. The zero-order valence-electron chi connectivity index (χ0n) is 24.0. The number of carbonyl (C=O) groups is 1. The zero-order chi connectivity index (χ0) is 31.9. The maximum atomic E-state index is 13.8. The van der Waals surface area contributed by atoms with E-state index in [1.165, 1.54) is 21.7 Å². The minimum Gasteiger partial charge on any atom is -0.465 e. The van der Waals surface area contributed by atoms with E-state index in [1.54, 1.807) is 31.2 Å². The number of halogens is 3. The monoisotopic (exact) mass is 609 g/mol. The molecular formula is C33H26F3N7O2. The average Bonchev–Trinajstić information content (AvgIpc) is 3.79. The SMILES string of the molecule is CC1=C(C#N)[C@@H](c2ccc(C#N)cc2)n2nc(N(C(=O)O)C(Cc3ccccc3)C3CC3)nc2N1c1cccc(C(F)(F)F)c1. The molecule has 226 valence electrons. The number of amides is 1. The molecule has 9 nitrogen and oxygen atoms in total. The lowest BCUT2D eigenvalue weighted by atomic mass is 9.95. The fourth-order valence-electron chi connectivity index (χ4n) is 5.82. The van der Waals surface area contributed by atoms with Gasteiger partial charge in [0.2, 0.25) is 5.95 Å². The van der Waals surface area contributed by atoms with Gasteiger partial charge in [0.1, 0.15) is 6.04 Å². The molecular weight excluding hydrogens is 583 g/mol. The second kappa shape index (κ2) is 11.5. The van der Waals surface area contributed by atoms with E-state index in [4.69, 9.17) is 0 Å². The van der Waals surface area contributed by atoms with Crippen LogP contribution in [-0.2, 0) is 12.6 Å². The molecule has 1 amide bonds. The number of aromatic nitrogens is 3. The molecule has 6 rings (SSSR count). The number of fused-ring (bicyclic) bond motifs is 1. The molecule has 2 heterocycles. The van der Waals surface area contributed by atoms with Crippen molar-refractivity contribution in [3.05, 3.63) is 112 Å². The number of alkyl halides is 3. The predicted molar refractivity (Wildman–Crippen MR) is 158 cm³/mol. The number of nitriles is 2. The molecule has 0 radical (unpaired) electrons. The van der Waals surface area contributed by atoms with E-state index in [9.17, 15) is 33.6 Å². The Balaban J connectivity index is 1.54. The van der Waals surface area contributed by atoms with E-state index in [-0.39, 0.29) is 29.1 Å². The van der Waals surface area contributed by atoms with E-state index >= 15 is 0 Å². The van der Waals surface area contributed by atoms with Crippen LogP contribution in [0.5, 0.6) is 0 Å². The van der Waals surface area contributed by atoms with Crippen LogP contribution in [0, 0.1) is 28.6 Å². The Morgan fingerprint density at radius 3 is 2.36 bits per heavy atom. The third-order valence-corrected chi connectivity index (χ3v) is 8.16. The molecule has 1 fully saturated rings. The van der Waals surface area contributed by atoms with Gasteiger partial charge >= 0.3 is 12.3 Å². The molecule has 1 unspecified atom stereocenters. The summed E-state index contributed by atoms with van der Waals surface area (Å²) in [5, 5.41) is 34.9. The molecule has 1 saturated carbocycles. The summed E-state index contributed by atoms with van der Waals surface area (Å²) in [5.74, 6) is -0.0195. The highest BCUT2D eigenvalue weighted by atomic mass is 19.4. The van der Waals surface area contributed by atoms with Crippen LogP contribution >= 0.6 is 0 Å².